The number of likely N-dealkylation sites (tertiary alicyclic amines) is 1. The lowest BCUT2D eigenvalue weighted by molar-refractivity contribution is -0.147. The number of carbonyl (C=O) groups excluding carboxylic acids is 3. The van der Waals surface area contributed by atoms with Gasteiger partial charge in [-0.05, 0) is 39.2 Å². The van der Waals surface area contributed by atoms with E-state index in [1.807, 2.05) is 6.92 Å². The highest BCUT2D eigenvalue weighted by Gasteiger charge is 2.28. The number of rotatable bonds is 9. The number of fused-ring (bicyclic) bond motifs is 1. The summed E-state index contributed by atoms with van der Waals surface area (Å²) >= 11 is 0. The first-order valence-electron chi connectivity index (χ1n) is 11.6. The molecule has 0 bridgehead atoms. The van der Waals surface area contributed by atoms with E-state index in [1.54, 1.807) is 38.1 Å². The van der Waals surface area contributed by atoms with E-state index in [4.69, 9.17) is 29.5 Å². The standard InChI is InChI=1S/C24H31N3O8/c1-4-31-23(29)33-21-17-10-8-16(14-19(28)26-35-15(3)27-12-6-7-13-27)9-11-18(17)22(20(21)25)34-24(30)32-5-2/h8-11,15H,4-7,12-14,25H2,1-3H3,(H,26,28). The van der Waals surface area contributed by atoms with Gasteiger partial charge >= 0.3 is 12.3 Å². The fourth-order valence-corrected chi connectivity index (χ4v) is 3.76. The van der Waals surface area contributed by atoms with Gasteiger partial charge in [0.15, 0.2) is 11.5 Å². The predicted octanol–water partition coefficient (Wildman–Crippen LogP) is 3.48. The Morgan fingerprint density at radius 3 is 1.94 bits per heavy atom. The summed E-state index contributed by atoms with van der Waals surface area (Å²) in [5, 5.41) is 0. The Balaban J connectivity index is 1.80. The second kappa shape index (κ2) is 12.2. The quantitative estimate of drug-likeness (QED) is 0.397. The highest BCUT2D eigenvalue weighted by Crippen LogP contribution is 2.50. The molecule has 1 fully saturated rings. The van der Waals surface area contributed by atoms with Crippen LogP contribution in [-0.2, 0) is 25.5 Å². The Bertz CT molecular complexity index is 964. The van der Waals surface area contributed by atoms with Crippen molar-refractivity contribution in [1.82, 2.24) is 10.4 Å². The van der Waals surface area contributed by atoms with Gasteiger partial charge in [-0.3, -0.25) is 14.5 Å². The largest absolute Gasteiger partial charge is 0.513 e. The molecule has 3 aliphatic rings. The number of ether oxygens (including phenoxy) is 4. The van der Waals surface area contributed by atoms with E-state index in [1.165, 1.54) is 0 Å². The molecular formula is C24H31N3O8. The average Bonchev–Trinajstić information content (AvgIpc) is 3.37. The van der Waals surface area contributed by atoms with Gasteiger partial charge in [-0.25, -0.2) is 15.1 Å². The van der Waals surface area contributed by atoms with E-state index in [-0.39, 0.29) is 49.0 Å². The minimum atomic E-state index is -0.954. The summed E-state index contributed by atoms with van der Waals surface area (Å²) in [5.41, 5.74) is 9.98. The van der Waals surface area contributed by atoms with Crippen molar-refractivity contribution in [1.29, 1.82) is 0 Å². The maximum absolute atomic E-state index is 12.4. The van der Waals surface area contributed by atoms with Gasteiger partial charge in [0.25, 0.3) is 0 Å². The lowest BCUT2D eigenvalue weighted by Gasteiger charge is -2.23. The topological polar surface area (TPSA) is 139 Å². The van der Waals surface area contributed by atoms with Crippen molar-refractivity contribution >= 4 is 23.9 Å². The summed E-state index contributed by atoms with van der Waals surface area (Å²) in [4.78, 5) is 44.0. The van der Waals surface area contributed by atoms with Gasteiger partial charge in [-0.15, -0.1) is 0 Å². The number of amides is 1. The number of hydrogen-bond acceptors (Lipinski definition) is 10. The maximum Gasteiger partial charge on any atom is 0.513 e. The summed E-state index contributed by atoms with van der Waals surface area (Å²) in [6, 6.07) is 6.60. The van der Waals surface area contributed by atoms with E-state index in [0.717, 1.165) is 25.9 Å². The van der Waals surface area contributed by atoms with E-state index in [0.29, 0.717) is 16.7 Å². The van der Waals surface area contributed by atoms with E-state index in [9.17, 15) is 14.4 Å². The fraction of sp³-hybridized carbons (Fsp3) is 0.458. The van der Waals surface area contributed by atoms with Crippen LogP contribution in [0.2, 0.25) is 0 Å². The van der Waals surface area contributed by atoms with Crippen LogP contribution in [0.25, 0.3) is 11.1 Å². The third-order valence-corrected chi connectivity index (χ3v) is 5.45. The number of hydrogen-bond donors (Lipinski definition) is 2. The Morgan fingerprint density at radius 2 is 1.46 bits per heavy atom. The molecule has 1 aliphatic heterocycles. The summed E-state index contributed by atoms with van der Waals surface area (Å²) < 4.78 is 20.2. The molecule has 0 aromatic rings. The summed E-state index contributed by atoms with van der Waals surface area (Å²) in [7, 11) is 0. The Kier molecular flexibility index (Phi) is 9.10. The van der Waals surface area contributed by atoms with Crippen molar-refractivity contribution in [2.75, 3.05) is 32.0 Å². The van der Waals surface area contributed by atoms with Crippen molar-refractivity contribution in [2.45, 2.75) is 46.3 Å². The Hall–Kier alpha value is -3.57. The average molecular weight is 490 g/mol. The van der Waals surface area contributed by atoms with Crippen LogP contribution in [-0.4, -0.2) is 55.6 Å². The molecule has 0 saturated carbocycles. The first-order chi connectivity index (χ1) is 16.8. The molecule has 1 amide bonds. The maximum atomic E-state index is 12.4. The van der Waals surface area contributed by atoms with Crippen LogP contribution >= 0.6 is 0 Å². The summed E-state index contributed by atoms with van der Waals surface area (Å²) in [6.07, 6.45) is 0.138. The third-order valence-electron chi connectivity index (χ3n) is 5.45. The first-order valence-corrected chi connectivity index (χ1v) is 11.6. The highest BCUT2D eigenvalue weighted by atomic mass is 16.7. The zero-order chi connectivity index (χ0) is 25.4. The van der Waals surface area contributed by atoms with Crippen LogP contribution in [0, 0.1) is 0 Å². The third kappa shape index (κ3) is 6.74. The number of nitrogens with one attached hydrogen (secondary N) is 1. The predicted molar refractivity (Wildman–Crippen MR) is 126 cm³/mol. The molecule has 3 N–H and O–H groups in total. The molecule has 3 rings (SSSR count). The van der Waals surface area contributed by atoms with Gasteiger partial charge in [0.2, 0.25) is 5.91 Å². The van der Waals surface area contributed by atoms with Gasteiger partial charge in [-0.1, -0.05) is 24.3 Å². The molecule has 1 atom stereocenters. The Labute approximate surface area is 203 Å². The van der Waals surface area contributed by atoms with Crippen LogP contribution < -0.4 is 20.7 Å². The molecule has 1 heterocycles. The lowest BCUT2D eigenvalue weighted by atomic mass is 10.2. The van der Waals surface area contributed by atoms with Gasteiger partial charge in [-0.2, -0.15) is 0 Å². The number of nitrogens with two attached hydrogens (primary N) is 1. The van der Waals surface area contributed by atoms with Crippen LogP contribution in [0.1, 0.15) is 39.2 Å². The van der Waals surface area contributed by atoms with Crippen molar-refractivity contribution in [3.63, 3.8) is 0 Å². The van der Waals surface area contributed by atoms with E-state index < -0.39 is 12.3 Å². The number of carbonyl (C=O) groups is 3. The molecule has 11 nitrogen and oxygen atoms in total. The van der Waals surface area contributed by atoms with Gasteiger partial charge in [0.1, 0.15) is 11.9 Å². The zero-order valence-electron chi connectivity index (χ0n) is 20.1. The van der Waals surface area contributed by atoms with Crippen molar-refractivity contribution in [3.8, 4) is 22.6 Å². The molecule has 0 radical (unpaired) electrons. The van der Waals surface area contributed by atoms with Crippen LogP contribution in [0.5, 0.6) is 11.5 Å². The molecule has 11 heteroatoms. The van der Waals surface area contributed by atoms with Crippen molar-refractivity contribution < 1.29 is 38.2 Å². The molecule has 0 spiro atoms. The molecule has 1 saturated heterocycles. The second-order valence-corrected chi connectivity index (χ2v) is 7.87. The normalized spacial score (nSPS) is 14.4. The molecule has 190 valence electrons. The van der Waals surface area contributed by atoms with Gasteiger partial charge in [0, 0.05) is 24.2 Å². The van der Waals surface area contributed by atoms with Crippen molar-refractivity contribution in [3.05, 3.63) is 29.8 Å². The Morgan fingerprint density at radius 1 is 0.943 bits per heavy atom. The monoisotopic (exact) mass is 489 g/mol. The van der Waals surface area contributed by atoms with E-state index in [2.05, 4.69) is 10.4 Å². The molecule has 35 heavy (non-hydrogen) atoms. The summed E-state index contributed by atoms with van der Waals surface area (Å²) in [6.45, 7) is 7.25. The zero-order valence-corrected chi connectivity index (χ0v) is 20.1. The lowest BCUT2D eigenvalue weighted by Crippen LogP contribution is -2.39. The van der Waals surface area contributed by atoms with Crippen LogP contribution in [0.3, 0.4) is 0 Å². The fourth-order valence-electron chi connectivity index (χ4n) is 3.76. The minimum absolute atomic E-state index is 0.0212. The number of anilines is 1. The van der Waals surface area contributed by atoms with Crippen molar-refractivity contribution in [2.24, 2.45) is 0 Å². The van der Waals surface area contributed by atoms with Gasteiger partial charge in [0.05, 0.1) is 19.6 Å². The molecular weight excluding hydrogens is 458 g/mol. The molecule has 2 aliphatic carbocycles. The summed E-state index contributed by atoms with van der Waals surface area (Å²) in [5.74, 6) is -0.369. The van der Waals surface area contributed by atoms with E-state index >= 15 is 0 Å². The van der Waals surface area contributed by atoms with Crippen LogP contribution in [0.4, 0.5) is 15.3 Å². The number of nitrogens with zero attached hydrogens (tertiary/aromatic N) is 1. The molecule has 1 unspecified atom stereocenters. The first kappa shape index (κ1) is 26.0. The smallest absolute Gasteiger partial charge is 0.434 e. The SMILES string of the molecule is CCOC(=O)Oc1c2ccc(CC(=O)NOC(C)N3CCCC3)ccc-2c(OC(=O)OCC)c1N. The number of nitrogen functional groups attached to an aromatic ring is 1. The minimum Gasteiger partial charge on any atom is -0.434 e. The molecule has 0 aromatic carbocycles. The molecule has 0 aromatic heterocycles. The highest BCUT2D eigenvalue weighted by molar-refractivity contribution is 5.95. The second-order valence-electron chi connectivity index (χ2n) is 7.87. The van der Waals surface area contributed by atoms with Gasteiger partial charge < -0.3 is 24.7 Å². The number of hydroxylamine groups is 1. The van der Waals surface area contributed by atoms with Crippen LogP contribution in [0.15, 0.2) is 24.3 Å².